The average Bonchev–Trinajstić information content (AvgIpc) is 3.66. The molecule has 3 rings (SSSR count). The smallest absolute Gasteiger partial charge is 0.343 e. The van der Waals surface area contributed by atoms with Gasteiger partial charge in [-0.3, -0.25) is 0 Å². The Balaban J connectivity index is 1.35. The largest absolute Gasteiger partial charge is 0.494 e. The number of carboxylic acid groups (broad SMARTS) is 1. The molecule has 2 fully saturated rings. The molecule has 1 N–H and O–H groups in total. The molecule has 1 saturated carbocycles. The van der Waals surface area contributed by atoms with Crippen molar-refractivity contribution >= 4 is 5.97 Å². The van der Waals surface area contributed by atoms with Crippen LogP contribution >= 0.6 is 0 Å². The Bertz CT molecular complexity index is 737. The third-order valence-corrected chi connectivity index (χ3v) is 8.56. The lowest BCUT2D eigenvalue weighted by Crippen LogP contribution is -2.29. The first kappa shape index (κ1) is 29.0. The van der Waals surface area contributed by atoms with Gasteiger partial charge in [0.25, 0.3) is 0 Å². The van der Waals surface area contributed by atoms with E-state index in [-0.39, 0.29) is 6.10 Å². The van der Waals surface area contributed by atoms with Crippen LogP contribution in [0.15, 0.2) is 24.3 Å². The number of ether oxygens (including phenoxy) is 2. The van der Waals surface area contributed by atoms with Gasteiger partial charge in [-0.05, 0) is 48.8 Å². The van der Waals surface area contributed by atoms with E-state index in [0.29, 0.717) is 5.92 Å². The fourth-order valence-electron chi connectivity index (χ4n) is 6.16. The van der Waals surface area contributed by atoms with Crippen molar-refractivity contribution in [3.63, 3.8) is 0 Å². The minimum atomic E-state index is -1.16. The van der Waals surface area contributed by atoms with Gasteiger partial charge in [0, 0.05) is 0 Å². The quantitative estimate of drug-likeness (QED) is 0.152. The molecule has 204 valence electrons. The van der Waals surface area contributed by atoms with Gasteiger partial charge in [-0.2, -0.15) is 0 Å². The summed E-state index contributed by atoms with van der Waals surface area (Å²) in [6.45, 7) is 5.24. The lowest BCUT2D eigenvalue weighted by atomic mass is 9.75. The summed E-state index contributed by atoms with van der Waals surface area (Å²) in [5, 5.41) is 10.1. The summed E-state index contributed by atoms with van der Waals surface area (Å²) < 4.78 is 11.9. The van der Waals surface area contributed by atoms with Gasteiger partial charge >= 0.3 is 5.97 Å². The van der Waals surface area contributed by atoms with Crippen LogP contribution in [-0.2, 0) is 15.1 Å². The van der Waals surface area contributed by atoms with Gasteiger partial charge in [-0.1, -0.05) is 122 Å². The molecule has 0 bridgehead atoms. The van der Waals surface area contributed by atoms with Crippen LogP contribution in [0.25, 0.3) is 0 Å². The molecule has 2 aliphatic rings. The molecule has 1 heterocycles. The van der Waals surface area contributed by atoms with Crippen LogP contribution in [-0.4, -0.2) is 23.8 Å². The van der Waals surface area contributed by atoms with Crippen LogP contribution in [0.2, 0.25) is 0 Å². The lowest BCUT2D eigenvalue weighted by molar-refractivity contribution is -0.143. The number of aliphatic carboxylic acids is 1. The van der Waals surface area contributed by atoms with Crippen molar-refractivity contribution in [2.45, 2.75) is 141 Å². The Morgan fingerprint density at radius 1 is 0.833 bits per heavy atom. The molecule has 0 spiro atoms. The number of unbranched alkanes of at least 4 members (excludes halogenated alkanes) is 11. The van der Waals surface area contributed by atoms with Crippen LogP contribution in [0.5, 0.6) is 5.75 Å². The standard InChI is InChI=1S/C32H52O4/c1-3-5-7-8-9-10-11-12-13-15-25-35-29-23-21-28(22-24-29)32(31(33)34)30(36-32)27-19-17-26(18-20-27)16-14-6-4-2/h21-24,26-27,30H,3-20,25H2,1-2H3,(H,33,34)/t26?,27?,30-,32+/m0/s1. The Morgan fingerprint density at radius 3 is 1.97 bits per heavy atom. The highest BCUT2D eigenvalue weighted by Gasteiger charge is 2.66. The number of rotatable bonds is 19. The second-order valence-electron chi connectivity index (χ2n) is 11.4. The highest BCUT2D eigenvalue weighted by molar-refractivity contribution is 5.83. The van der Waals surface area contributed by atoms with Crippen LogP contribution < -0.4 is 4.74 Å². The Hall–Kier alpha value is -1.55. The molecule has 0 unspecified atom stereocenters. The lowest BCUT2D eigenvalue weighted by Gasteiger charge is -2.28. The maximum atomic E-state index is 12.3. The summed E-state index contributed by atoms with van der Waals surface area (Å²) in [5.41, 5.74) is -0.397. The third kappa shape index (κ3) is 8.50. The second-order valence-corrected chi connectivity index (χ2v) is 11.4. The van der Waals surface area contributed by atoms with Crippen molar-refractivity contribution in [2.75, 3.05) is 6.61 Å². The van der Waals surface area contributed by atoms with Gasteiger partial charge in [-0.25, -0.2) is 4.79 Å². The molecule has 4 nitrogen and oxygen atoms in total. The molecule has 1 aliphatic carbocycles. The monoisotopic (exact) mass is 500 g/mol. The highest BCUT2D eigenvalue weighted by Crippen LogP contribution is 2.54. The van der Waals surface area contributed by atoms with Gasteiger partial charge in [-0.15, -0.1) is 0 Å². The molecular formula is C32H52O4. The third-order valence-electron chi connectivity index (χ3n) is 8.56. The molecule has 0 radical (unpaired) electrons. The Kier molecular flexibility index (Phi) is 12.6. The SMILES string of the molecule is CCCCCCCCCCCCOc1ccc([C@@]2(C(=O)O)O[C@H]2C2CCC(CCCCC)CC2)cc1. The minimum Gasteiger partial charge on any atom is -0.494 e. The van der Waals surface area contributed by atoms with Gasteiger partial charge in [0.05, 0.1) is 6.61 Å². The predicted molar refractivity (Wildman–Crippen MR) is 148 cm³/mol. The molecule has 1 aliphatic heterocycles. The first-order valence-electron chi connectivity index (χ1n) is 15.3. The maximum Gasteiger partial charge on any atom is 0.343 e. The van der Waals surface area contributed by atoms with E-state index in [2.05, 4.69) is 13.8 Å². The first-order valence-corrected chi connectivity index (χ1v) is 15.3. The average molecular weight is 501 g/mol. The Labute approximate surface area is 220 Å². The number of epoxide rings is 1. The van der Waals surface area contributed by atoms with Crippen LogP contribution in [0, 0.1) is 11.8 Å². The maximum absolute atomic E-state index is 12.3. The molecule has 1 aromatic rings. The molecule has 2 atom stereocenters. The predicted octanol–water partition coefficient (Wildman–Crippen LogP) is 9.05. The van der Waals surface area contributed by atoms with Crippen molar-refractivity contribution in [3.05, 3.63) is 29.8 Å². The summed E-state index contributed by atoms with van der Waals surface area (Å²) in [6.07, 6.45) is 22.8. The molecule has 4 heteroatoms. The first-order chi connectivity index (χ1) is 17.6. The zero-order chi connectivity index (χ0) is 25.6. The van der Waals surface area contributed by atoms with E-state index in [4.69, 9.17) is 9.47 Å². The summed E-state index contributed by atoms with van der Waals surface area (Å²) in [7, 11) is 0. The van der Waals surface area contributed by atoms with Crippen molar-refractivity contribution in [1.29, 1.82) is 0 Å². The van der Waals surface area contributed by atoms with Crippen LogP contribution in [0.4, 0.5) is 0 Å². The van der Waals surface area contributed by atoms with Gasteiger partial charge < -0.3 is 14.6 Å². The number of hydrogen-bond acceptors (Lipinski definition) is 3. The zero-order valence-electron chi connectivity index (χ0n) is 23.1. The normalized spacial score (nSPS) is 25.6. The highest BCUT2D eigenvalue weighted by atomic mass is 16.6. The fourth-order valence-corrected chi connectivity index (χ4v) is 6.16. The van der Waals surface area contributed by atoms with Gasteiger partial charge in [0.1, 0.15) is 11.9 Å². The van der Waals surface area contributed by atoms with Crippen molar-refractivity contribution in [1.82, 2.24) is 0 Å². The van der Waals surface area contributed by atoms with Crippen LogP contribution in [0.3, 0.4) is 0 Å². The van der Waals surface area contributed by atoms with Crippen LogP contribution in [0.1, 0.15) is 135 Å². The van der Waals surface area contributed by atoms with Gasteiger partial charge in [0.15, 0.2) is 0 Å². The number of benzene rings is 1. The van der Waals surface area contributed by atoms with Crippen molar-refractivity contribution in [2.24, 2.45) is 11.8 Å². The van der Waals surface area contributed by atoms with E-state index in [1.807, 2.05) is 24.3 Å². The van der Waals surface area contributed by atoms with E-state index >= 15 is 0 Å². The number of carboxylic acids is 1. The van der Waals surface area contributed by atoms with Gasteiger partial charge in [0.2, 0.25) is 5.60 Å². The number of carbonyl (C=O) groups is 1. The summed E-state index contributed by atoms with van der Waals surface area (Å²) >= 11 is 0. The fraction of sp³-hybridized carbons (Fsp3) is 0.781. The summed E-state index contributed by atoms with van der Waals surface area (Å²) in [6, 6.07) is 7.64. The zero-order valence-corrected chi connectivity index (χ0v) is 23.1. The van der Waals surface area contributed by atoms with E-state index in [1.165, 1.54) is 96.3 Å². The van der Waals surface area contributed by atoms with Crippen molar-refractivity contribution < 1.29 is 19.4 Å². The topological polar surface area (TPSA) is 59.1 Å². The molecular weight excluding hydrogens is 448 g/mol. The molecule has 0 amide bonds. The van der Waals surface area contributed by atoms with E-state index < -0.39 is 11.6 Å². The minimum absolute atomic E-state index is 0.190. The second kappa shape index (κ2) is 15.6. The van der Waals surface area contributed by atoms with E-state index in [0.717, 1.165) is 43.1 Å². The molecule has 1 aromatic carbocycles. The van der Waals surface area contributed by atoms with E-state index in [1.54, 1.807) is 0 Å². The summed E-state index contributed by atoms with van der Waals surface area (Å²) in [4.78, 5) is 12.3. The van der Waals surface area contributed by atoms with E-state index in [9.17, 15) is 9.90 Å². The van der Waals surface area contributed by atoms with Crippen molar-refractivity contribution in [3.8, 4) is 5.75 Å². The summed E-state index contributed by atoms with van der Waals surface area (Å²) in [5.74, 6) is 1.14. The number of hydrogen-bond donors (Lipinski definition) is 1. The Morgan fingerprint density at radius 2 is 1.39 bits per heavy atom. The molecule has 36 heavy (non-hydrogen) atoms. The molecule has 0 aromatic heterocycles. The molecule has 1 saturated heterocycles.